The van der Waals surface area contributed by atoms with Crippen molar-refractivity contribution in [3.05, 3.63) is 81.0 Å². The first-order chi connectivity index (χ1) is 13.6. The number of halogens is 1. The van der Waals surface area contributed by atoms with Crippen LogP contribution in [-0.2, 0) is 13.0 Å². The van der Waals surface area contributed by atoms with Crippen LogP contribution in [0.4, 0.5) is 0 Å². The number of amides is 1. The molecule has 4 nitrogen and oxygen atoms in total. The number of ether oxygens (including phenoxy) is 2. The predicted molar refractivity (Wildman–Crippen MR) is 111 cm³/mol. The van der Waals surface area contributed by atoms with Gasteiger partial charge in [0.2, 0.25) is 6.79 Å². The van der Waals surface area contributed by atoms with Gasteiger partial charge in [-0.2, -0.15) is 0 Å². The van der Waals surface area contributed by atoms with Gasteiger partial charge in [0.1, 0.15) is 0 Å². The minimum absolute atomic E-state index is 0.0303. The molecule has 0 unspecified atom stereocenters. The van der Waals surface area contributed by atoms with E-state index in [0.717, 1.165) is 12.0 Å². The molecular weight excluding hydrogens is 394 g/mol. The average Bonchev–Trinajstić information content (AvgIpc) is 3.38. The standard InChI is InChI=1S/C22H20ClNO3S/c1-15(11-19-3-2-10-28-19)24(13-16-4-7-18(23)8-5-16)22(25)17-6-9-20-21(12-17)27-14-26-20/h2-10,12,15H,11,13-14H2,1H3/t15-/m0/s1. The number of fused-ring (bicyclic) bond motifs is 1. The van der Waals surface area contributed by atoms with E-state index in [0.29, 0.717) is 28.6 Å². The Hall–Kier alpha value is -2.50. The van der Waals surface area contributed by atoms with Gasteiger partial charge >= 0.3 is 0 Å². The average molecular weight is 414 g/mol. The Kier molecular flexibility index (Phi) is 5.55. The maximum absolute atomic E-state index is 13.4. The van der Waals surface area contributed by atoms with Gasteiger partial charge < -0.3 is 14.4 Å². The van der Waals surface area contributed by atoms with Crippen LogP contribution in [0.2, 0.25) is 5.02 Å². The zero-order valence-electron chi connectivity index (χ0n) is 15.4. The fraction of sp³-hybridized carbons (Fsp3) is 0.227. The summed E-state index contributed by atoms with van der Waals surface area (Å²) in [7, 11) is 0. The number of nitrogens with zero attached hydrogens (tertiary/aromatic N) is 1. The molecule has 1 aromatic heterocycles. The fourth-order valence-electron chi connectivity index (χ4n) is 3.24. The SMILES string of the molecule is C[C@@H](Cc1cccs1)N(Cc1ccc(Cl)cc1)C(=O)c1ccc2c(c1)OCO2. The highest BCUT2D eigenvalue weighted by molar-refractivity contribution is 7.09. The monoisotopic (exact) mass is 413 g/mol. The molecule has 1 atom stereocenters. The lowest BCUT2D eigenvalue weighted by Crippen LogP contribution is -2.39. The predicted octanol–water partition coefficient (Wildman–Crippen LogP) is 5.40. The zero-order chi connectivity index (χ0) is 19.5. The number of carbonyl (C=O) groups excluding carboxylic acids is 1. The van der Waals surface area contributed by atoms with E-state index in [4.69, 9.17) is 21.1 Å². The van der Waals surface area contributed by atoms with Gasteiger partial charge in [-0.05, 0) is 54.3 Å². The van der Waals surface area contributed by atoms with Crippen molar-refractivity contribution in [2.24, 2.45) is 0 Å². The highest BCUT2D eigenvalue weighted by atomic mass is 35.5. The minimum Gasteiger partial charge on any atom is -0.454 e. The Balaban J connectivity index is 1.60. The van der Waals surface area contributed by atoms with E-state index in [2.05, 4.69) is 18.4 Å². The summed E-state index contributed by atoms with van der Waals surface area (Å²) in [6, 6.07) is 17.1. The number of benzene rings is 2. The van der Waals surface area contributed by atoms with Gasteiger partial charge in [-0.1, -0.05) is 29.8 Å². The molecule has 0 bridgehead atoms. The summed E-state index contributed by atoms with van der Waals surface area (Å²) >= 11 is 7.72. The second-order valence-electron chi connectivity index (χ2n) is 6.76. The zero-order valence-corrected chi connectivity index (χ0v) is 17.0. The van der Waals surface area contributed by atoms with E-state index in [1.807, 2.05) is 35.2 Å². The van der Waals surface area contributed by atoms with Crippen molar-refractivity contribution in [3.8, 4) is 11.5 Å². The number of rotatable bonds is 6. The maximum Gasteiger partial charge on any atom is 0.254 e. The second kappa shape index (κ2) is 8.25. The molecule has 6 heteroatoms. The molecule has 1 amide bonds. The van der Waals surface area contributed by atoms with E-state index < -0.39 is 0 Å². The van der Waals surface area contributed by atoms with Gasteiger partial charge in [-0.3, -0.25) is 4.79 Å². The largest absolute Gasteiger partial charge is 0.454 e. The van der Waals surface area contributed by atoms with Crippen LogP contribution < -0.4 is 9.47 Å². The molecule has 2 aromatic carbocycles. The van der Waals surface area contributed by atoms with Crippen LogP contribution in [0, 0.1) is 0 Å². The van der Waals surface area contributed by atoms with Crippen LogP contribution in [0.5, 0.6) is 11.5 Å². The third kappa shape index (κ3) is 4.16. The first kappa shape index (κ1) is 18.8. The molecular formula is C22H20ClNO3S. The highest BCUT2D eigenvalue weighted by Gasteiger charge is 2.24. The number of hydrogen-bond donors (Lipinski definition) is 0. The number of hydrogen-bond acceptors (Lipinski definition) is 4. The molecule has 2 heterocycles. The normalized spacial score (nSPS) is 13.4. The summed E-state index contributed by atoms with van der Waals surface area (Å²) in [5.74, 6) is 1.26. The van der Waals surface area contributed by atoms with E-state index >= 15 is 0 Å². The van der Waals surface area contributed by atoms with Gasteiger partial charge in [0, 0.05) is 34.5 Å². The molecule has 1 aliphatic rings. The van der Waals surface area contributed by atoms with E-state index in [1.54, 1.807) is 29.5 Å². The van der Waals surface area contributed by atoms with Gasteiger partial charge in [0.05, 0.1) is 0 Å². The van der Waals surface area contributed by atoms with Crippen molar-refractivity contribution in [2.75, 3.05) is 6.79 Å². The molecule has 4 rings (SSSR count). The van der Waals surface area contributed by atoms with E-state index in [-0.39, 0.29) is 18.7 Å². The van der Waals surface area contributed by atoms with Crippen LogP contribution in [0.3, 0.4) is 0 Å². The highest BCUT2D eigenvalue weighted by Crippen LogP contribution is 2.33. The summed E-state index contributed by atoms with van der Waals surface area (Å²) in [6.07, 6.45) is 0.807. The van der Waals surface area contributed by atoms with Crippen molar-refractivity contribution >= 4 is 28.8 Å². The molecule has 0 aliphatic carbocycles. The van der Waals surface area contributed by atoms with Gasteiger partial charge in [-0.15, -0.1) is 11.3 Å². The summed E-state index contributed by atoms with van der Waals surface area (Å²) in [6.45, 7) is 2.79. The van der Waals surface area contributed by atoms with Crippen molar-refractivity contribution in [1.29, 1.82) is 0 Å². The summed E-state index contributed by atoms with van der Waals surface area (Å²) in [4.78, 5) is 16.6. The van der Waals surface area contributed by atoms with Crippen molar-refractivity contribution in [3.63, 3.8) is 0 Å². The van der Waals surface area contributed by atoms with Crippen LogP contribution in [0.15, 0.2) is 60.0 Å². The Morgan fingerprint density at radius 1 is 1.14 bits per heavy atom. The van der Waals surface area contributed by atoms with Gasteiger partial charge in [0.25, 0.3) is 5.91 Å². The van der Waals surface area contributed by atoms with Crippen LogP contribution in [0.1, 0.15) is 27.7 Å². The smallest absolute Gasteiger partial charge is 0.254 e. The lowest BCUT2D eigenvalue weighted by molar-refractivity contribution is 0.0675. The van der Waals surface area contributed by atoms with E-state index in [9.17, 15) is 4.79 Å². The molecule has 28 heavy (non-hydrogen) atoms. The third-order valence-electron chi connectivity index (χ3n) is 4.76. The molecule has 0 saturated heterocycles. The van der Waals surface area contributed by atoms with Crippen LogP contribution in [0.25, 0.3) is 0 Å². The first-order valence-electron chi connectivity index (χ1n) is 9.07. The second-order valence-corrected chi connectivity index (χ2v) is 8.23. The molecule has 0 spiro atoms. The fourth-order valence-corrected chi connectivity index (χ4v) is 4.19. The lowest BCUT2D eigenvalue weighted by atomic mass is 10.1. The molecule has 0 saturated carbocycles. The lowest BCUT2D eigenvalue weighted by Gasteiger charge is -2.29. The molecule has 1 aliphatic heterocycles. The van der Waals surface area contributed by atoms with Crippen LogP contribution in [-0.4, -0.2) is 23.6 Å². The topological polar surface area (TPSA) is 38.8 Å². The maximum atomic E-state index is 13.4. The Bertz CT molecular complexity index is 956. The Morgan fingerprint density at radius 3 is 2.68 bits per heavy atom. The molecule has 3 aromatic rings. The first-order valence-corrected chi connectivity index (χ1v) is 10.3. The summed E-state index contributed by atoms with van der Waals surface area (Å²) in [5, 5.41) is 2.75. The van der Waals surface area contributed by atoms with E-state index in [1.165, 1.54) is 4.88 Å². The summed E-state index contributed by atoms with van der Waals surface area (Å²) < 4.78 is 10.8. The molecule has 144 valence electrons. The number of thiophene rings is 1. The minimum atomic E-state index is -0.0303. The molecule has 0 radical (unpaired) electrons. The van der Waals surface area contributed by atoms with Crippen molar-refractivity contribution in [1.82, 2.24) is 4.90 Å². The third-order valence-corrected chi connectivity index (χ3v) is 5.91. The van der Waals surface area contributed by atoms with Gasteiger partial charge in [-0.25, -0.2) is 0 Å². The Morgan fingerprint density at radius 2 is 1.93 bits per heavy atom. The Labute approximate surface area is 173 Å². The van der Waals surface area contributed by atoms with Crippen molar-refractivity contribution < 1.29 is 14.3 Å². The summed E-state index contributed by atoms with van der Waals surface area (Å²) in [5.41, 5.74) is 1.63. The molecule has 0 fully saturated rings. The van der Waals surface area contributed by atoms with Gasteiger partial charge in [0.15, 0.2) is 11.5 Å². The molecule has 0 N–H and O–H groups in total. The quantitative estimate of drug-likeness (QED) is 0.542. The van der Waals surface area contributed by atoms with Crippen LogP contribution >= 0.6 is 22.9 Å². The number of carbonyl (C=O) groups is 1. The van der Waals surface area contributed by atoms with Crippen molar-refractivity contribution in [2.45, 2.75) is 25.9 Å².